The van der Waals surface area contributed by atoms with Gasteiger partial charge in [-0.1, -0.05) is 6.07 Å². The monoisotopic (exact) mass is 254 g/mol. The minimum absolute atomic E-state index is 0.0325. The highest BCUT2D eigenvalue weighted by atomic mass is 16.1. The van der Waals surface area contributed by atoms with E-state index in [1.165, 1.54) is 18.0 Å². The lowest BCUT2D eigenvalue weighted by molar-refractivity contribution is 0.0931. The molecule has 1 aromatic heterocycles. The molecule has 5 nitrogen and oxygen atoms in total. The number of carbonyl (C=O) groups is 1. The van der Waals surface area contributed by atoms with Crippen molar-refractivity contribution in [2.24, 2.45) is 0 Å². The van der Waals surface area contributed by atoms with Crippen molar-refractivity contribution >= 4 is 11.6 Å². The molecule has 1 amide bonds. The van der Waals surface area contributed by atoms with E-state index in [0.717, 1.165) is 24.1 Å². The van der Waals surface area contributed by atoms with Crippen LogP contribution < -0.4 is 11.1 Å². The second-order valence-electron chi connectivity index (χ2n) is 4.61. The molecular weight excluding hydrogens is 240 g/mol. The highest BCUT2D eigenvalue weighted by Crippen LogP contribution is 2.32. The summed E-state index contributed by atoms with van der Waals surface area (Å²) in [5.74, 6) is -0.192. The zero-order valence-electron chi connectivity index (χ0n) is 10.3. The van der Waals surface area contributed by atoms with E-state index in [1.807, 2.05) is 18.2 Å². The number of rotatable bonds is 2. The molecule has 1 heterocycles. The molecule has 5 heteroatoms. The molecule has 1 atom stereocenters. The summed E-state index contributed by atoms with van der Waals surface area (Å²) in [6, 6.07) is 5.86. The smallest absolute Gasteiger partial charge is 0.271 e. The molecular formula is C14H14N4O. The Morgan fingerprint density at radius 1 is 1.37 bits per heavy atom. The van der Waals surface area contributed by atoms with Gasteiger partial charge in [0.25, 0.3) is 5.91 Å². The van der Waals surface area contributed by atoms with Crippen molar-refractivity contribution in [1.82, 2.24) is 15.3 Å². The lowest BCUT2D eigenvalue weighted by Crippen LogP contribution is -2.27. The van der Waals surface area contributed by atoms with Crippen molar-refractivity contribution in [3.63, 3.8) is 0 Å². The van der Waals surface area contributed by atoms with E-state index < -0.39 is 0 Å². The number of fused-ring (bicyclic) bond motifs is 1. The van der Waals surface area contributed by atoms with Gasteiger partial charge in [-0.05, 0) is 36.1 Å². The lowest BCUT2D eigenvalue weighted by Gasteiger charge is -2.13. The highest BCUT2D eigenvalue weighted by Gasteiger charge is 2.24. The molecule has 1 aliphatic carbocycles. The predicted octanol–water partition coefficient (Wildman–Crippen LogP) is 1.48. The Bertz CT molecular complexity index is 612. The Kier molecular flexibility index (Phi) is 2.87. The molecule has 0 saturated heterocycles. The van der Waals surface area contributed by atoms with Crippen molar-refractivity contribution in [2.45, 2.75) is 18.9 Å². The first-order valence-corrected chi connectivity index (χ1v) is 6.19. The summed E-state index contributed by atoms with van der Waals surface area (Å²) in [4.78, 5) is 19.9. The van der Waals surface area contributed by atoms with Gasteiger partial charge < -0.3 is 11.1 Å². The van der Waals surface area contributed by atoms with E-state index in [1.54, 1.807) is 6.20 Å². The maximum absolute atomic E-state index is 12.0. The van der Waals surface area contributed by atoms with Crippen molar-refractivity contribution < 1.29 is 4.79 Å². The van der Waals surface area contributed by atoms with E-state index in [4.69, 9.17) is 5.73 Å². The quantitative estimate of drug-likeness (QED) is 0.795. The van der Waals surface area contributed by atoms with E-state index in [-0.39, 0.29) is 11.9 Å². The number of aromatic nitrogens is 2. The van der Waals surface area contributed by atoms with Crippen LogP contribution >= 0.6 is 0 Å². The maximum Gasteiger partial charge on any atom is 0.271 e. The maximum atomic E-state index is 12.0. The van der Waals surface area contributed by atoms with Gasteiger partial charge in [-0.2, -0.15) is 0 Å². The van der Waals surface area contributed by atoms with Crippen molar-refractivity contribution in [1.29, 1.82) is 0 Å². The van der Waals surface area contributed by atoms with Crippen molar-refractivity contribution in [3.05, 3.63) is 53.6 Å². The number of hydrogen-bond donors (Lipinski definition) is 2. The second-order valence-corrected chi connectivity index (χ2v) is 4.61. The molecule has 2 aromatic rings. The molecule has 0 fully saturated rings. The Morgan fingerprint density at radius 2 is 2.26 bits per heavy atom. The lowest BCUT2D eigenvalue weighted by atomic mass is 10.1. The van der Waals surface area contributed by atoms with E-state index in [2.05, 4.69) is 15.3 Å². The van der Waals surface area contributed by atoms with Crippen LogP contribution in [0.5, 0.6) is 0 Å². The third kappa shape index (κ3) is 2.27. The van der Waals surface area contributed by atoms with Gasteiger partial charge in [0.1, 0.15) is 5.69 Å². The summed E-state index contributed by atoms with van der Waals surface area (Å²) < 4.78 is 0. The van der Waals surface area contributed by atoms with Gasteiger partial charge in [-0.25, -0.2) is 4.98 Å². The topological polar surface area (TPSA) is 80.9 Å². The Hall–Kier alpha value is -2.43. The number of hydrogen-bond acceptors (Lipinski definition) is 4. The number of anilines is 1. The van der Waals surface area contributed by atoms with Crippen LogP contribution in [-0.2, 0) is 6.42 Å². The summed E-state index contributed by atoms with van der Waals surface area (Å²) in [5.41, 5.74) is 9.22. The van der Waals surface area contributed by atoms with Crippen LogP contribution in [0.3, 0.4) is 0 Å². The van der Waals surface area contributed by atoms with Gasteiger partial charge in [0.05, 0.1) is 12.2 Å². The van der Waals surface area contributed by atoms with Crippen LogP contribution in [0.2, 0.25) is 0 Å². The number of carbonyl (C=O) groups excluding carboxylic acids is 1. The van der Waals surface area contributed by atoms with E-state index in [9.17, 15) is 4.79 Å². The van der Waals surface area contributed by atoms with Gasteiger partial charge in [0, 0.05) is 18.1 Å². The predicted molar refractivity (Wildman–Crippen MR) is 71.4 cm³/mol. The molecule has 3 rings (SSSR count). The number of aryl methyl sites for hydroxylation is 1. The minimum atomic E-state index is -0.192. The second kappa shape index (κ2) is 4.68. The Labute approximate surface area is 110 Å². The molecule has 0 aliphatic heterocycles. The SMILES string of the molecule is Nc1ccc2c(c1)CCC2NC(=O)c1cnccn1. The normalized spacial score (nSPS) is 16.9. The number of benzene rings is 1. The molecule has 0 radical (unpaired) electrons. The fraction of sp³-hybridized carbons (Fsp3) is 0.214. The highest BCUT2D eigenvalue weighted by molar-refractivity contribution is 5.92. The number of nitrogens with two attached hydrogens (primary N) is 1. The molecule has 0 spiro atoms. The fourth-order valence-electron chi connectivity index (χ4n) is 2.44. The first kappa shape index (κ1) is 11.6. The van der Waals surface area contributed by atoms with Gasteiger partial charge in [-0.15, -0.1) is 0 Å². The van der Waals surface area contributed by atoms with Crippen molar-refractivity contribution in [3.8, 4) is 0 Å². The molecule has 1 aliphatic rings. The number of amides is 1. The van der Waals surface area contributed by atoms with E-state index in [0.29, 0.717) is 5.69 Å². The number of nitrogen functional groups attached to an aromatic ring is 1. The number of nitrogens with zero attached hydrogens (tertiary/aromatic N) is 2. The largest absolute Gasteiger partial charge is 0.399 e. The van der Waals surface area contributed by atoms with Crippen molar-refractivity contribution in [2.75, 3.05) is 5.73 Å². The molecule has 3 N–H and O–H groups in total. The summed E-state index contributed by atoms with van der Waals surface area (Å²) in [6.45, 7) is 0. The minimum Gasteiger partial charge on any atom is -0.399 e. The zero-order chi connectivity index (χ0) is 13.2. The zero-order valence-corrected chi connectivity index (χ0v) is 10.3. The van der Waals surface area contributed by atoms with Crippen LogP contribution in [0.4, 0.5) is 5.69 Å². The average molecular weight is 254 g/mol. The first-order valence-electron chi connectivity index (χ1n) is 6.19. The van der Waals surface area contributed by atoms with Crippen LogP contribution in [0.1, 0.15) is 34.1 Å². The molecule has 96 valence electrons. The standard InChI is InChI=1S/C14H14N4O/c15-10-2-3-11-9(7-10)1-4-12(11)18-14(19)13-8-16-5-6-17-13/h2-3,5-8,12H,1,4,15H2,(H,18,19). The van der Waals surface area contributed by atoms with Gasteiger partial charge in [0.15, 0.2) is 0 Å². The van der Waals surface area contributed by atoms with Crippen LogP contribution in [0.15, 0.2) is 36.8 Å². The summed E-state index contributed by atoms with van der Waals surface area (Å²) in [7, 11) is 0. The molecule has 19 heavy (non-hydrogen) atoms. The fourth-order valence-corrected chi connectivity index (χ4v) is 2.44. The summed E-state index contributed by atoms with van der Waals surface area (Å²) in [6.07, 6.45) is 6.35. The van der Waals surface area contributed by atoms with Crippen LogP contribution in [0, 0.1) is 0 Å². The third-order valence-electron chi connectivity index (χ3n) is 3.35. The van der Waals surface area contributed by atoms with Crippen LogP contribution in [-0.4, -0.2) is 15.9 Å². The molecule has 0 bridgehead atoms. The first-order chi connectivity index (χ1) is 9.24. The Morgan fingerprint density at radius 3 is 3.05 bits per heavy atom. The van der Waals surface area contributed by atoms with Gasteiger partial charge in [0.2, 0.25) is 0 Å². The summed E-state index contributed by atoms with van der Waals surface area (Å²) in [5, 5.41) is 2.99. The molecule has 1 unspecified atom stereocenters. The summed E-state index contributed by atoms with van der Waals surface area (Å²) >= 11 is 0. The molecule has 0 saturated carbocycles. The Balaban J connectivity index is 1.78. The number of nitrogens with one attached hydrogen (secondary N) is 1. The average Bonchev–Trinajstić information content (AvgIpc) is 2.82. The molecule has 1 aromatic carbocycles. The van der Waals surface area contributed by atoms with Crippen LogP contribution in [0.25, 0.3) is 0 Å². The van der Waals surface area contributed by atoms with Gasteiger partial charge in [-0.3, -0.25) is 9.78 Å². The van der Waals surface area contributed by atoms with Gasteiger partial charge >= 0.3 is 0 Å². The third-order valence-corrected chi connectivity index (χ3v) is 3.35. The van der Waals surface area contributed by atoms with E-state index >= 15 is 0 Å².